The molecule has 7 rings (SSSR count). The van der Waals surface area contributed by atoms with Crippen LogP contribution in [0.5, 0.6) is 5.75 Å². The van der Waals surface area contributed by atoms with Crippen molar-refractivity contribution >= 4 is 27.8 Å². The van der Waals surface area contributed by atoms with Gasteiger partial charge in [0.1, 0.15) is 11.3 Å². The van der Waals surface area contributed by atoms with E-state index < -0.39 is 0 Å². The molecule has 0 spiro atoms. The fourth-order valence-corrected chi connectivity index (χ4v) is 7.35. The van der Waals surface area contributed by atoms with Gasteiger partial charge in [-0.15, -0.1) is 0 Å². The standard InChI is InChI=1S/C35H44N4O3/c1-4-23-7-6-14-38(21-23)35(40)28-18-29-33(31(20-28)41-3)37(2)34(36-29)30-19-27-9-5-8-26(17-24-12-15-42-16-13-24)32(27)39(30)22-25-10-11-25/h5,8-9,18-20,23-25H,4,6-7,10-17,21-22H2,1-3H3/t23-/m1/s1. The Labute approximate surface area is 248 Å². The van der Waals surface area contributed by atoms with E-state index in [1.54, 1.807) is 7.11 Å². The maximum Gasteiger partial charge on any atom is 0.254 e. The molecule has 2 aromatic carbocycles. The molecular weight excluding hydrogens is 524 g/mol. The summed E-state index contributed by atoms with van der Waals surface area (Å²) in [6, 6.07) is 13.0. The van der Waals surface area contributed by atoms with Crippen LogP contribution in [-0.4, -0.2) is 58.3 Å². The number of carbonyl (C=O) groups excluding carboxylic acids is 1. The molecule has 1 aliphatic carbocycles. The van der Waals surface area contributed by atoms with Crippen LogP contribution >= 0.6 is 0 Å². The van der Waals surface area contributed by atoms with Crippen molar-refractivity contribution in [3.63, 3.8) is 0 Å². The van der Waals surface area contributed by atoms with Crippen molar-refractivity contribution in [3.8, 4) is 17.3 Å². The Morgan fingerprint density at radius 2 is 1.86 bits per heavy atom. The number of hydrogen-bond donors (Lipinski definition) is 0. The van der Waals surface area contributed by atoms with Crippen LogP contribution in [0.25, 0.3) is 33.5 Å². The molecule has 1 saturated carbocycles. The number of amides is 1. The molecule has 1 atom stereocenters. The maximum absolute atomic E-state index is 13.7. The number of imidazole rings is 1. The molecule has 7 nitrogen and oxygen atoms in total. The van der Waals surface area contributed by atoms with E-state index in [1.807, 2.05) is 17.0 Å². The molecule has 42 heavy (non-hydrogen) atoms. The minimum atomic E-state index is 0.0844. The van der Waals surface area contributed by atoms with E-state index in [1.165, 1.54) is 35.7 Å². The van der Waals surface area contributed by atoms with Crippen molar-refractivity contribution in [1.29, 1.82) is 0 Å². The number of aromatic nitrogens is 3. The summed E-state index contributed by atoms with van der Waals surface area (Å²) in [5.41, 5.74) is 6.34. The lowest BCUT2D eigenvalue weighted by Gasteiger charge is -2.32. The number of fused-ring (bicyclic) bond motifs is 2. The van der Waals surface area contributed by atoms with Crippen molar-refractivity contribution in [2.75, 3.05) is 33.4 Å². The van der Waals surface area contributed by atoms with Gasteiger partial charge in [0.2, 0.25) is 0 Å². The Balaban J connectivity index is 1.31. The van der Waals surface area contributed by atoms with Crippen molar-refractivity contribution in [3.05, 3.63) is 47.5 Å². The Morgan fingerprint density at radius 3 is 2.62 bits per heavy atom. The highest BCUT2D eigenvalue weighted by Crippen LogP contribution is 2.39. The van der Waals surface area contributed by atoms with Crippen molar-refractivity contribution in [2.45, 2.75) is 64.8 Å². The molecule has 1 amide bonds. The third-order valence-electron chi connectivity index (χ3n) is 10.0. The zero-order valence-electron chi connectivity index (χ0n) is 25.4. The molecule has 0 N–H and O–H groups in total. The van der Waals surface area contributed by atoms with E-state index in [0.717, 1.165) is 93.4 Å². The van der Waals surface area contributed by atoms with Crippen LogP contribution in [0, 0.1) is 17.8 Å². The Bertz CT molecular complexity index is 1610. The highest BCUT2D eigenvalue weighted by atomic mass is 16.5. The molecule has 3 fully saturated rings. The van der Waals surface area contributed by atoms with Gasteiger partial charge in [0.15, 0.2) is 5.82 Å². The van der Waals surface area contributed by atoms with Gasteiger partial charge in [0.05, 0.1) is 23.8 Å². The fourth-order valence-electron chi connectivity index (χ4n) is 7.35. The summed E-state index contributed by atoms with van der Waals surface area (Å²) in [5, 5.41) is 1.28. The highest BCUT2D eigenvalue weighted by Gasteiger charge is 2.29. The molecule has 2 aliphatic heterocycles. The number of rotatable bonds is 8. The average molecular weight is 569 g/mol. The number of aryl methyl sites for hydroxylation is 1. The minimum absolute atomic E-state index is 0.0844. The second kappa shape index (κ2) is 11.4. The zero-order chi connectivity index (χ0) is 28.8. The third-order valence-corrected chi connectivity index (χ3v) is 10.0. The van der Waals surface area contributed by atoms with Crippen LogP contribution in [0.1, 0.15) is 67.8 Å². The lowest BCUT2D eigenvalue weighted by molar-refractivity contribution is 0.0665. The van der Waals surface area contributed by atoms with E-state index in [0.29, 0.717) is 23.1 Å². The number of para-hydroxylation sites is 1. The molecule has 0 radical (unpaired) electrons. The van der Waals surface area contributed by atoms with Crippen molar-refractivity contribution in [2.24, 2.45) is 24.8 Å². The van der Waals surface area contributed by atoms with Gasteiger partial charge in [-0.25, -0.2) is 4.98 Å². The molecule has 0 bridgehead atoms. The second-order valence-corrected chi connectivity index (χ2v) is 12.9. The number of methoxy groups -OCH3 is 1. The number of benzene rings is 2. The van der Waals surface area contributed by atoms with Crippen molar-refractivity contribution in [1.82, 2.24) is 19.0 Å². The summed E-state index contributed by atoms with van der Waals surface area (Å²) < 4.78 is 16.2. The monoisotopic (exact) mass is 568 g/mol. The Kier molecular flexibility index (Phi) is 7.47. The van der Waals surface area contributed by atoms with Gasteiger partial charge >= 0.3 is 0 Å². The van der Waals surface area contributed by atoms with Crippen LogP contribution in [-0.2, 0) is 24.8 Å². The lowest BCUT2D eigenvalue weighted by Crippen LogP contribution is -2.39. The van der Waals surface area contributed by atoms with Gasteiger partial charge in [-0.2, -0.15) is 0 Å². The predicted octanol–water partition coefficient (Wildman–Crippen LogP) is 6.84. The van der Waals surface area contributed by atoms with Gasteiger partial charge in [-0.05, 0) is 86.5 Å². The smallest absolute Gasteiger partial charge is 0.254 e. The van der Waals surface area contributed by atoms with Gasteiger partial charge in [0, 0.05) is 50.8 Å². The summed E-state index contributed by atoms with van der Waals surface area (Å²) >= 11 is 0. The van der Waals surface area contributed by atoms with Crippen molar-refractivity contribution < 1.29 is 14.3 Å². The number of ether oxygens (including phenoxy) is 2. The van der Waals surface area contributed by atoms with E-state index in [-0.39, 0.29) is 5.91 Å². The Hall–Kier alpha value is -3.32. The Morgan fingerprint density at radius 1 is 1.02 bits per heavy atom. The molecule has 2 aromatic heterocycles. The first-order chi connectivity index (χ1) is 20.5. The maximum atomic E-state index is 13.7. The van der Waals surface area contributed by atoms with Crippen LogP contribution in [0.4, 0.5) is 0 Å². The summed E-state index contributed by atoms with van der Waals surface area (Å²) in [7, 11) is 3.77. The molecular formula is C35H44N4O3. The van der Waals surface area contributed by atoms with Crippen LogP contribution in [0.3, 0.4) is 0 Å². The zero-order valence-corrected chi connectivity index (χ0v) is 25.4. The largest absolute Gasteiger partial charge is 0.494 e. The number of likely N-dealkylation sites (tertiary alicyclic amines) is 1. The number of nitrogens with zero attached hydrogens (tertiary/aromatic N) is 4. The summed E-state index contributed by atoms with van der Waals surface area (Å²) in [6.07, 6.45) is 9.32. The molecule has 7 heteroatoms. The second-order valence-electron chi connectivity index (χ2n) is 12.9. The van der Waals surface area contributed by atoms with Gasteiger partial charge in [-0.3, -0.25) is 4.79 Å². The normalized spacial score (nSPS) is 20.1. The van der Waals surface area contributed by atoms with Crippen LogP contribution < -0.4 is 4.74 Å². The first-order valence-corrected chi connectivity index (χ1v) is 16.1. The molecule has 4 heterocycles. The molecule has 2 saturated heterocycles. The first-order valence-electron chi connectivity index (χ1n) is 16.1. The molecule has 222 valence electrons. The SMILES string of the molecule is CC[C@@H]1CCCN(C(=O)c2cc(OC)c3c(c2)nc(-c2cc4cccc(CC5CCOCC5)c4n2CC2CC2)n3C)C1. The van der Waals surface area contributed by atoms with E-state index in [9.17, 15) is 4.79 Å². The topological polar surface area (TPSA) is 61.5 Å². The number of carbonyl (C=O) groups is 1. The predicted molar refractivity (Wildman–Crippen MR) is 167 cm³/mol. The summed E-state index contributed by atoms with van der Waals surface area (Å²) in [5.74, 6) is 3.68. The lowest BCUT2D eigenvalue weighted by atomic mass is 9.91. The third kappa shape index (κ3) is 5.10. The van der Waals surface area contributed by atoms with E-state index >= 15 is 0 Å². The molecule has 4 aromatic rings. The summed E-state index contributed by atoms with van der Waals surface area (Å²) in [6.45, 7) is 6.64. The van der Waals surface area contributed by atoms with Crippen LogP contribution in [0.15, 0.2) is 36.4 Å². The molecule has 3 aliphatic rings. The van der Waals surface area contributed by atoms with Gasteiger partial charge in [-0.1, -0.05) is 31.5 Å². The van der Waals surface area contributed by atoms with Crippen LogP contribution in [0.2, 0.25) is 0 Å². The first kappa shape index (κ1) is 27.5. The quantitative estimate of drug-likeness (QED) is 0.233. The molecule has 0 unspecified atom stereocenters. The average Bonchev–Trinajstić information content (AvgIpc) is 3.69. The summed E-state index contributed by atoms with van der Waals surface area (Å²) in [4.78, 5) is 20.9. The van der Waals surface area contributed by atoms with Gasteiger partial charge < -0.3 is 23.5 Å². The van der Waals surface area contributed by atoms with E-state index in [2.05, 4.69) is 47.4 Å². The minimum Gasteiger partial charge on any atom is -0.494 e. The fraction of sp³-hybridized carbons (Fsp3) is 0.543. The number of piperidine rings is 1. The van der Waals surface area contributed by atoms with Gasteiger partial charge in [0.25, 0.3) is 5.91 Å². The van der Waals surface area contributed by atoms with E-state index in [4.69, 9.17) is 14.5 Å². The highest BCUT2D eigenvalue weighted by molar-refractivity contribution is 6.00. The number of hydrogen-bond acceptors (Lipinski definition) is 4.